The smallest absolute Gasteiger partial charge is 0.341 e. The van der Waals surface area contributed by atoms with Gasteiger partial charge in [-0.1, -0.05) is 21.5 Å². The molecule has 133 heavy (non-hydrogen) atoms. The van der Waals surface area contributed by atoms with Crippen LogP contribution >= 0.6 is 15.9 Å². The number of aromatic carboxylic acids is 1. The summed E-state index contributed by atoms with van der Waals surface area (Å²) in [7, 11) is 0. The number of carbonyl (C=O) groups is 3. The number of benzene rings is 8. The number of likely N-dealkylation sites (tertiary alicyclic amines) is 2. The van der Waals surface area contributed by atoms with Gasteiger partial charge < -0.3 is 70.9 Å². The quantitative estimate of drug-likeness (QED) is 0.0406. The van der Waals surface area contributed by atoms with Gasteiger partial charge in [-0.2, -0.15) is 20.2 Å². The first-order chi connectivity index (χ1) is 63.1. The molecule has 0 saturated carbocycles. The number of rotatable bonds is 7. The zero-order chi connectivity index (χ0) is 96.3. The summed E-state index contributed by atoms with van der Waals surface area (Å²) in [4.78, 5) is 91.3. The largest absolute Gasteiger partial charge is 0.477 e. The van der Waals surface area contributed by atoms with E-state index in [0.717, 1.165) is 81.6 Å². The molecule has 14 aromatic rings. The van der Waals surface area contributed by atoms with Crippen LogP contribution in [0.5, 0.6) is 0 Å². The van der Waals surface area contributed by atoms with Crippen molar-refractivity contribution in [3.05, 3.63) is 305 Å². The van der Waals surface area contributed by atoms with E-state index in [0.29, 0.717) is 118 Å². The van der Waals surface area contributed by atoms with Crippen LogP contribution in [0.1, 0.15) is 137 Å². The van der Waals surface area contributed by atoms with Crippen LogP contribution in [0.25, 0.3) is 67.5 Å². The molecule has 2 atom stereocenters. The number of nitrogens with two attached hydrogens (primary N) is 3. The van der Waals surface area contributed by atoms with Crippen LogP contribution in [0.4, 0.5) is 63.6 Å². The number of hydrogen-bond acceptors (Lipinski definition) is 25. The van der Waals surface area contributed by atoms with Crippen molar-refractivity contribution in [2.45, 2.75) is 120 Å². The summed E-state index contributed by atoms with van der Waals surface area (Å²) in [5, 5.41) is 37.0. The Labute approximate surface area is 762 Å². The van der Waals surface area contributed by atoms with E-state index in [2.05, 4.69) is 81.7 Å². The summed E-state index contributed by atoms with van der Waals surface area (Å²) in [6.07, 6.45) is 6.36. The van der Waals surface area contributed by atoms with Crippen molar-refractivity contribution in [1.29, 1.82) is 5.26 Å². The molecule has 8 aromatic carbocycles. The van der Waals surface area contributed by atoms with Crippen LogP contribution in [0, 0.1) is 134 Å². The molecule has 0 radical (unpaired) electrons. The van der Waals surface area contributed by atoms with E-state index in [-0.39, 0.29) is 97.6 Å². The van der Waals surface area contributed by atoms with Gasteiger partial charge in [0.25, 0.3) is 34.3 Å². The lowest BCUT2D eigenvalue weighted by molar-refractivity contribution is -0.186. The number of aromatic amines is 3. The van der Waals surface area contributed by atoms with E-state index in [1.807, 2.05) is 52.0 Å². The zero-order valence-corrected chi connectivity index (χ0v) is 75.2. The zero-order valence-electron chi connectivity index (χ0n) is 73.6. The molecule has 29 nitrogen and oxygen atoms in total. The van der Waals surface area contributed by atoms with Crippen molar-refractivity contribution in [2.75, 3.05) is 67.2 Å². The molecule has 19 rings (SSSR count). The molecule has 38 heteroatoms. The highest BCUT2D eigenvalue weighted by atomic mass is 79.9. The highest BCUT2D eigenvalue weighted by molar-refractivity contribution is 9.10. The second-order valence-electron chi connectivity index (χ2n) is 32.0. The summed E-state index contributed by atoms with van der Waals surface area (Å²) in [5.41, 5.74) is 25.2. The number of nitrogens with one attached hydrogen (secondary N) is 5. The van der Waals surface area contributed by atoms with Crippen molar-refractivity contribution in [2.24, 2.45) is 0 Å². The fourth-order valence-electron chi connectivity index (χ4n) is 15.0. The number of piperidine rings is 2. The van der Waals surface area contributed by atoms with Gasteiger partial charge in [-0.3, -0.25) is 33.8 Å². The molecular weight excluding hydrogens is 1800 g/mol. The van der Waals surface area contributed by atoms with Crippen LogP contribution in [-0.2, 0) is 14.3 Å². The van der Waals surface area contributed by atoms with Gasteiger partial charge >= 0.3 is 5.97 Å². The maximum absolute atomic E-state index is 14.6. The number of halogens is 9. The number of anilines is 5. The van der Waals surface area contributed by atoms with Gasteiger partial charge in [0.05, 0.1) is 69.3 Å². The van der Waals surface area contributed by atoms with E-state index in [1.165, 1.54) is 54.6 Å². The molecule has 3 fully saturated rings. The number of fused-ring (bicyclic) bond motifs is 5. The highest BCUT2D eigenvalue weighted by Crippen LogP contribution is 2.41. The number of pyridine rings is 3. The minimum absolute atomic E-state index is 0.00694. The number of carboxylic acids is 1. The van der Waals surface area contributed by atoms with Crippen LogP contribution in [0.3, 0.4) is 0 Å². The number of carboxylic acid groups (broad SMARTS) is 1. The molecule has 690 valence electrons. The Bertz CT molecular complexity index is 7080. The van der Waals surface area contributed by atoms with Crippen molar-refractivity contribution in [1.82, 2.24) is 55.2 Å². The predicted molar refractivity (Wildman–Crippen MR) is 489 cm³/mol. The Morgan fingerprint density at radius 2 is 0.895 bits per heavy atom. The first-order valence-electron chi connectivity index (χ1n) is 41.3. The molecule has 1 spiro atoms. The summed E-state index contributed by atoms with van der Waals surface area (Å²) < 4.78 is 136. The summed E-state index contributed by atoms with van der Waals surface area (Å²) in [6, 6.07) is 32.7. The van der Waals surface area contributed by atoms with Crippen molar-refractivity contribution in [3.8, 4) is 17.5 Å². The minimum Gasteiger partial charge on any atom is -0.477 e. The topological polar surface area (TPSA) is 438 Å². The summed E-state index contributed by atoms with van der Waals surface area (Å²) in [5.74, 6) is -2.27. The molecule has 12 N–H and O–H groups in total. The lowest BCUT2D eigenvalue weighted by atomic mass is 9.96. The standard InChI is InChI=1S/C20H23FN4O3.C18H19FN4O2.C13H10FN3O2.C11H7FN2O.C11H8FNO3.C8H8FNO.C7H7BrFN.C7H8FN/c1-12-9-14-11-15(19-22-13(2)24-28-19)18(23-17(14)16(21)10-12)25-5-3-20(4-6-25)26-7-8-27-20;1-10-7-12-9-14(18-20-11(2)22-25-18)17(21-16(12)15(19)8-10)23-5-3-13(24)4-6-23;1-6-3-8-5-9(13-15-7(2)17-19-13)12(18)16-11(8)10(14)4-6;1-6-2-7-4-8(5-13)11(15)14-10(7)9(12)3-6;1-5-2-6-4-7(11(15)16)10(14)13-9(6)8(12)3-5;1-5-2-6(4-11)8(10)7(9)3-5;1-4-2-5(8)7(10)6(9)3-4;1-5-2-3-7(9)6(8)4-5/h9-11,18,23H,3-8H2,1-2H3;7-9,17,21H,3-6H2,1-2H3;3-5H,1-2H3,(H,16,18);2-4H,1H3,(H,14,15);2-4H,1H3,(H,13,14)(H,15,16);2-4H,10H2,1H3;2-3H,10H2,1H3;2-4H,9H2,1H3. The predicted octanol–water partition coefficient (Wildman–Crippen LogP) is 17.3. The second kappa shape index (κ2) is 42.1. The van der Waals surface area contributed by atoms with Gasteiger partial charge in [0.2, 0.25) is 0 Å². The number of aldehydes is 1. The number of carbonyl (C=O) groups excluding carboxylic acids is 2. The molecule has 2 unspecified atom stereocenters. The highest BCUT2D eigenvalue weighted by Gasteiger charge is 2.43. The van der Waals surface area contributed by atoms with Gasteiger partial charge in [0.15, 0.2) is 29.5 Å². The first kappa shape index (κ1) is 97.4. The summed E-state index contributed by atoms with van der Waals surface area (Å²) in [6.45, 7) is 23.5. The maximum atomic E-state index is 14.6. The number of aromatic nitrogens is 9. The fourth-order valence-corrected chi connectivity index (χ4v) is 15.5. The molecule has 0 aliphatic carbocycles. The number of nitrogens with zero attached hydrogens (tertiary/aromatic N) is 9. The third kappa shape index (κ3) is 23.8. The third-order valence-electron chi connectivity index (χ3n) is 21.4. The van der Waals surface area contributed by atoms with Crippen molar-refractivity contribution in [3.63, 3.8) is 0 Å². The maximum Gasteiger partial charge on any atom is 0.341 e. The number of Topliss-reactive ketones (excluding diaryl/α,β-unsaturated/α-hetero) is 1. The molecule has 5 aliphatic heterocycles. The molecular formula is C95H90BrF8N17O12. The van der Waals surface area contributed by atoms with E-state index in [4.69, 9.17) is 50.6 Å². The van der Waals surface area contributed by atoms with E-state index in [1.54, 1.807) is 109 Å². The average Bonchev–Trinajstić information content (AvgIpc) is 1.76. The number of H-pyrrole nitrogens is 3. The minimum atomic E-state index is -1.33. The van der Waals surface area contributed by atoms with Gasteiger partial charge in [0, 0.05) is 89.2 Å². The molecule has 3 saturated heterocycles. The van der Waals surface area contributed by atoms with Gasteiger partial charge in [0.1, 0.15) is 87.4 Å². The van der Waals surface area contributed by atoms with Crippen LogP contribution in [-0.4, -0.2) is 136 Å². The van der Waals surface area contributed by atoms with E-state index in [9.17, 15) is 63.9 Å². The van der Waals surface area contributed by atoms with Crippen LogP contribution in [0.2, 0.25) is 0 Å². The Hall–Kier alpha value is -14.7. The number of nitriles is 1. The lowest BCUT2D eigenvalue weighted by Crippen LogP contribution is -2.52. The first-order valence-corrected chi connectivity index (χ1v) is 42.1. The van der Waals surface area contributed by atoms with E-state index >= 15 is 0 Å². The van der Waals surface area contributed by atoms with Gasteiger partial charge in [-0.15, -0.1) is 0 Å². The Morgan fingerprint density at radius 3 is 1.34 bits per heavy atom. The SMILES string of the molecule is Cc1cc(F)c(N)c(Br)c1.Cc1cc(F)c(N)c(C=O)c1.Cc1cc(F)c2[nH]c(=O)c(-c3nc(C)no3)cc2c1.Cc1cc(F)c2[nH]c(=O)c(C#N)cc2c1.Cc1cc(F)c2[nH]c(=O)c(C(=O)O)cc2c1.Cc1cc(F)c2c(c1)C=C(c1nc(C)no1)C(N1CCC(=O)CC1)N2.Cc1cc(F)c2c(c1)C=C(c1nc(C)no1)C(N1CCC3(CC1)OCCO3)N2.Cc1ccc(N)c(F)c1. The number of aryl methyl sites for hydroxylation is 11. The fraction of sp³-hybridized carbons (Fsp3) is 0.253. The number of nitrogen functional groups attached to an aromatic ring is 3. The molecule has 5 aliphatic rings. The Morgan fingerprint density at radius 1 is 0.489 bits per heavy atom. The Balaban J connectivity index is 0.000000141. The Kier molecular flexibility index (Phi) is 30.8. The second-order valence-corrected chi connectivity index (χ2v) is 32.8. The van der Waals surface area contributed by atoms with E-state index < -0.39 is 57.3 Å². The van der Waals surface area contributed by atoms with Gasteiger partial charge in [-0.25, -0.2) is 39.9 Å². The van der Waals surface area contributed by atoms with Gasteiger partial charge in [-0.05, 0) is 264 Å². The molecule has 0 bridgehead atoms. The van der Waals surface area contributed by atoms with Crippen molar-refractivity contribution >= 4 is 118 Å². The monoisotopic (exact) mass is 1890 g/mol. The molecule has 11 heterocycles. The molecule has 6 aromatic heterocycles. The summed E-state index contributed by atoms with van der Waals surface area (Å²) >= 11 is 3.13. The molecule has 0 amide bonds. The lowest BCUT2D eigenvalue weighted by Gasteiger charge is -2.43. The third-order valence-corrected chi connectivity index (χ3v) is 22.0. The number of hydrogen-bond donors (Lipinski definition) is 9. The normalized spacial score (nSPS) is 15.2. The van der Waals surface area contributed by atoms with Crippen LogP contribution in [0.15, 0.2) is 154 Å². The number of ether oxygens (including phenoxy) is 2. The average molecular weight is 1890 g/mol. The number of ketones is 1. The van der Waals surface area contributed by atoms with Crippen LogP contribution < -0.4 is 44.5 Å². The van der Waals surface area contributed by atoms with Crippen molar-refractivity contribution < 1.29 is 77.7 Å².